The lowest BCUT2D eigenvalue weighted by atomic mass is 9.84. The van der Waals surface area contributed by atoms with Crippen molar-refractivity contribution in [2.45, 2.75) is 63.8 Å². The SMILES string of the molecule is CCOc1cc2nn([C@H]3CC[C@H](CC#N)CC3)cc2cc1NC(=O)c1cccc(C2CC2)[n+]1O. The van der Waals surface area contributed by atoms with E-state index in [9.17, 15) is 10.0 Å². The number of nitrogens with zero attached hydrogens (tertiary/aromatic N) is 4. The van der Waals surface area contributed by atoms with Gasteiger partial charge in [0.2, 0.25) is 5.69 Å². The van der Waals surface area contributed by atoms with Crippen LogP contribution in [0.15, 0.2) is 36.5 Å². The van der Waals surface area contributed by atoms with Crippen LogP contribution in [-0.4, -0.2) is 27.5 Å². The van der Waals surface area contributed by atoms with Gasteiger partial charge in [-0.05, 0) is 63.5 Å². The second kappa shape index (κ2) is 9.34. The quantitative estimate of drug-likeness (QED) is 0.392. The molecule has 8 nitrogen and oxygen atoms in total. The van der Waals surface area contributed by atoms with Crippen molar-refractivity contribution in [1.29, 1.82) is 5.26 Å². The van der Waals surface area contributed by atoms with Crippen molar-refractivity contribution in [2.75, 3.05) is 11.9 Å². The third-order valence-corrected chi connectivity index (χ3v) is 6.96. The number of ether oxygens (including phenoxy) is 1. The van der Waals surface area contributed by atoms with Gasteiger partial charge in [0.25, 0.3) is 0 Å². The summed E-state index contributed by atoms with van der Waals surface area (Å²) in [5.41, 5.74) is 2.32. The van der Waals surface area contributed by atoms with Gasteiger partial charge in [0, 0.05) is 46.9 Å². The lowest BCUT2D eigenvalue weighted by Gasteiger charge is -2.27. The maximum atomic E-state index is 13.1. The van der Waals surface area contributed by atoms with E-state index in [1.807, 2.05) is 36.0 Å². The number of carbonyl (C=O) groups is 1. The normalized spacial score (nSPS) is 20.1. The predicted molar refractivity (Wildman–Crippen MR) is 126 cm³/mol. The summed E-state index contributed by atoms with van der Waals surface area (Å²) in [5, 5.41) is 28.2. The van der Waals surface area contributed by atoms with E-state index in [1.165, 1.54) is 0 Å². The fourth-order valence-electron chi connectivity index (χ4n) is 4.94. The summed E-state index contributed by atoms with van der Waals surface area (Å²) < 4.78 is 8.85. The number of hydrogen-bond donors (Lipinski definition) is 2. The molecule has 2 aliphatic carbocycles. The van der Waals surface area contributed by atoms with Crippen LogP contribution in [0.2, 0.25) is 0 Å². The third kappa shape index (κ3) is 4.43. The van der Waals surface area contributed by atoms with Gasteiger partial charge in [0.05, 0.1) is 29.9 Å². The summed E-state index contributed by atoms with van der Waals surface area (Å²) in [7, 11) is 0. The zero-order valence-electron chi connectivity index (χ0n) is 19.4. The van der Waals surface area contributed by atoms with E-state index in [0.29, 0.717) is 42.3 Å². The summed E-state index contributed by atoms with van der Waals surface area (Å²) >= 11 is 0. The van der Waals surface area contributed by atoms with Crippen LogP contribution in [0.25, 0.3) is 10.9 Å². The molecule has 0 atom stereocenters. The molecular weight excluding hydrogens is 430 g/mol. The molecule has 0 radical (unpaired) electrons. The molecule has 2 aromatic heterocycles. The van der Waals surface area contributed by atoms with Crippen molar-refractivity contribution in [3.63, 3.8) is 0 Å². The van der Waals surface area contributed by atoms with E-state index in [2.05, 4.69) is 11.4 Å². The average Bonchev–Trinajstić information content (AvgIpc) is 3.59. The van der Waals surface area contributed by atoms with E-state index in [-0.39, 0.29) is 5.69 Å². The molecule has 3 aromatic rings. The largest absolute Gasteiger partial charge is 0.492 e. The molecule has 1 aromatic carbocycles. The zero-order valence-corrected chi connectivity index (χ0v) is 19.4. The Morgan fingerprint density at radius 3 is 2.76 bits per heavy atom. The number of pyridine rings is 1. The molecule has 0 aliphatic heterocycles. The average molecular weight is 461 g/mol. The summed E-state index contributed by atoms with van der Waals surface area (Å²) in [6, 6.07) is 11.6. The summed E-state index contributed by atoms with van der Waals surface area (Å²) in [6.07, 6.45) is 8.82. The number of benzene rings is 1. The van der Waals surface area contributed by atoms with Crippen LogP contribution in [-0.2, 0) is 0 Å². The molecule has 2 saturated carbocycles. The molecule has 0 saturated heterocycles. The fourth-order valence-corrected chi connectivity index (χ4v) is 4.94. The maximum absolute atomic E-state index is 13.1. The second-order valence-electron chi connectivity index (χ2n) is 9.36. The highest BCUT2D eigenvalue weighted by atomic mass is 16.5. The zero-order chi connectivity index (χ0) is 23.7. The highest BCUT2D eigenvalue weighted by molar-refractivity contribution is 6.04. The van der Waals surface area contributed by atoms with Crippen LogP contribution < -0.4 is 14.8 Å². The first-order valence-electron chi connectivity index (χ1n) is 12.2. The Morgan fingerprint density at radius 1 is 1.26 bits per heavy atom. The number of nitrogens with one attached hydrogen (secondary N) is 1. The number of hydrogen-bond acceptors (Lipinski definition) is 5. The monoisotopic (exact) mass is 460 g/mol. The molecule has 0 unspecified atom stereocenters. The Labute approximate surface area is 198 Å². The van der Waals surface area contributed by atoms with Crippen molar-refractivity contribution >= 4 is 22.5 Å². The Bertz CT molecular complexity index is 1250. The molecular formula is C26H30N5O3+. The van der Waals surface area contributed by atoms with Gasteiger partial charge in [-0.3, -0.25) is 14.7 Å². The van der Waals surface area contributed by atoms with E-state index >= 15 is 0 Å². The van der Waals surface area contributed by atoms with Gasteiger partial charge < -0.3 is 10.1 Å². The molecule has 2 aliphatic rings. The number of carbonyl (C=O) groups excluding carboxylic acids is 1. The van der Waals surface area contributed by atoms with Gasteiger partial charge in [0.15, 0.2) is 0 Å². The number of rotatable bonds is 7. The molecule has 2 heterocycles. The maximum Gasteiger partial charge on any atom is 0.325 e. The van der Waals surface area contributed by atoms with E-state index in [1.54, 1.807) is 12.1 Å². The van der Waals surface area contributed by atoms with Crippen molar-refractivity contribution < 1.29 is 19.5 Å². The lowest BCUT2D eigenvalue weighted by molar-refractivity contribution is -0.910. The van der Waals surface area contributed by atoms with Gasteiger partial charge in [-0.1, -0.05) is 0 Å². The van der Waals surface area contributed by atoms with Crippen LogP contribution >= 0.6 is 0 Å². The Morgan fingerprint density at radius 2 is 2.06 bits per heavy atom. The number of anilines is 1. The van der Waals surface area contributed by atoms with Gasteiger partial charge in [-0.25, -0.2) is 0 Å². The molecule has 2 fully saturated rings. The molecule has 2 N–H and O–H groups in total. The summed E-state index contributed by atoms with van der Waals surface area (Å²) in [4.78, 5) is 13.1. The fraction of sp³-hybridized carbons (Fsp3) is 0.462. The van der Waals surface area contributed by atoms with Crippen molar-refractivity contribution in [3.8, 4) is 11.8 Å². The molecule has 34 heavy (non-hydrogen) atoms. The molecule has 0 spiro atoms. The Hall–Kier alpha value is -3.60. The first-order chi connectivity index (χ1) is 16.6. The number of aromatic nitrogens is 3. The van der Waals surface area contributed by atoms with E-state index in [0.717, 1.165) is 59.9 Å². The first-order valence-corrected chi connectivity index (χ1v) is 12.2. The minimum atomic E-state index is -0.395. The summed E-state index contributed by atoms with van der Waals surface area (Å²) in [6.45, 7) is 2.35. The van der Waals surface area contributed by atoms with Gasteiger partial charge in [0.1, 0.15) is 5.75 Å². The Kier molecular flexibility index (Phi) is 6.10. The smallest absolute Gasteiger partial charge is 0.325 e. The lowest BCUT2D eigenvalue weighted by Crippen LogP contribution is -2.43. The molecule has 8 heteroatoms. The third-order valence-electron chi connectivity index (χ3n) is 6.96. The number of nitriles is 1. The highest BCUT2D eigenvalue weighted by Gasteiger charge is 2.35. The number of fused-ring (bicyclic) bond motifs is 1. The van der Waals surface area contributed by atoms with Crippen LogP contribution in [0.4, 0.5) is 5.69 Å². The van der Waals surface area contributed by atoms with E-state index < -0.39 is 5.91 Å². The minimum absolute atomic E-state index is 0.191. The van der Waals surface area contributed by atoms with Crippen LogP contribution in [0.1, 0.15) is 80.0 Å². The van der Waals surface area contributed by atoms with Gasteiger partial charge in [-0.15, -0.1) is 0 Å². The van der Waals surface area contributed by atoms with Crippen LogP contribution in [0, 0.1) is 17.2 Å². The van der Waals surface area contributed by atoms with Crippen molar-refractivity contribution in [2.24, 2.45) is 5.92 Å². The Balaban J connectivity index is 1.40. The second-order valence-corrected chi connectivity index (χ2v) is 9.36. The highest BCUT2D eigenvalue weighted by Crippen LogP contribution is 2.38. The topological polar surface area (TPSA) is 104 Å². The van der Waals surface area contributed by atoms with Crippen molar-refractivity contribution in [3.05, 3.63) is 47.9 Å². The standard InChI is InChI=1S/C26H29N5O3/c1-2-34-25-15-21-19(16-30(29-21)20-10-6-17(7-11-20)12-13-27)14-22(25)28-26(32)24-5-3-4-23(31(24)33)18-8-9-18/h3-5,14-18,20H,2,6-12H2,1H3,(H-,28,32,33)/p+1/t17-,20-. The minimum Gasteiger partial charge on any atom is -0.492 e. The van der Waals surface area contributed by atoms with Crippen molar-refractivity contribution in [1.82, 2.24) is 9.78 Å². The number of amides is 1. The molecule has 0 bridgehead atoms. The van der Waals surface area contributed by atoms with Crippen LogP contribution in [0.3, 0.4) is 0 Å². The molecule has 5 rings (SSSR count). The van der Waals surface area contributed by atoms with Crippen LogP contribution in [0.5, 0.6) is 5.75 Å². The van der Waals surface area contributed by atoms with Gasteiger partial charge in [-0.2, -0.15) is 10.4 Å². The van der Waals surface area contributed by atoms with Gasteiger partial charge >= 0.3 is 11.6 Å². The van der Waals surface area contributed by atoms with E-state index in [4.69, 9.17) is 15.1 Å². The molecule has 1 amide bonds. The summed E-state index contributed by atoms with van der Waals surface area (Å²) in [5.74, 6) is 0.960. The molecule has 176 valence electrons. The predicted octanol–water partition coefficient (Wildman–Crippen LogP) is 4.73. The first kappa shape index (κ1) is 22.2.